The van der Waals surface area contributed by atoms with Crippen molar-refractivity contribution in [1.82, 2.24) is 0 Å². The van der Waals surface area contributed by atoms with Gasteiger partial charge in [-0.1, -0.05) is 40.9 Å². The Kier molecular flexibility index (Phi) is 9.80. The summed E-state index contributed by atoms with van der Waals surface area (Å²) in [5.41, 5.74) is 0. The number of hydrogen-bond donors (Lipinski definition) is 0. The fraction of sp³-hybridized carbons (Fsp3) is 1.00. The van der Waals surface area contributed by atoms with E-state index in [4.69, 9.17) is 0 Å². The summed E-state index contributed by atoms with van der Waals surface area (Å²) in [6.45, 7) is 14.7. The Morgan fingerprint density at radius 3 is 0.500 bits per heavy atom. The first-order valence-electron chi connectivity index (χ1n) is 3.46. The van der Waals surface area contributed by atoms with Crippen molar-refractivity contribution in [2.75, 3.05) is 0 Å². The van der Waals surface area contributed by atoms with Gasteiger partial charge in [-0.05, 0) is 0 Å². The second-order valence-electron chi connectivity index (χ2n) is 3.46. The van der Waals surface area contributed by atoms with Gasteiger partial charge >= 0.3 is 0 Å². The Morgan fingerprint density at radius 1 is 0.500 bits per heavy atom. The smallest absolute Gasteiger partial charge is 0.0865 e. The van der Waals surface area contributed by atoms with Gasteiger partial charge in [-0.15, -0.1) is 0 Å². The largest absolute Gasteiger partial charge is 0.130 e. The van der Waals surface area contributed by atoms with E-state index >= 15 is 0 Å². The first-order chi connectivity index (χ1) is 3.46. The van der Waals surface area contributed by atoms with Crippen LogP contribution in [-0.2, 0) is 0 Å². The first kappa shape index (κ1) is 11.0. The molecule has 48 valence electrons. The standard InChI is InChI=1S/2C3H9B/c2*1-4(2)3/h2*1-3H3. The molecule has 0 bridgehead atoms. The van der Waals surface area contributed by atoms with Gasteiger partial charge in [0.25, 0.3) is 0 Å². The number of rotatable bonds is 0. The average Bonchev–Trinajstić information content (AvgIpc) is 1.25. The molecule has 0 saturated heterocycles. The van der Waals surface area contributed by atoms with E-state index < -0.39 is 0 Å². The molecule has 0 rings (SSSR count). The van der Waals surface area contributed by atoms with Crippen molar-refractivity contribution in [1.29, 1.82) is 0 Å². The van der Waals surface area contributed by atoms with Crippen molar-refractivity contribution in [3.63, 3.8) is 0 Å². The fourth-order valence-electron chi connectivity index (χ4n) is 0. The maximum absolute atomic E-state index is 2.17. The van der Waals surface area contributed by atoms with Crippen LogP contribution in [0, 0.1) is 0 Å². The first-order valence-corrected chi connectivity index (χ1v) is 3.46. The molecule has 0 aromatic carbocycles. The minimum Gasteiger partial charge on any atom is -0.0865 e. The lowest BCUT2D eigenvalue weighted by Crippen LogP contribution is -1.84. The number of hydrogen-bond acceptors (Lipinski definition) is 0. The summed E-state index contributed by atoms with van der Waals surface area (Å²) in [7, 11) is 0. The van der Waals surface area contributed by atoms with Crippen molar-refractivity contribution < 1.29 is 0 Å². The van der Waals surface area contributed by atoms with E-state index in [1.54, 1.807) is 0 Å². The van der Waals surface area contributed by atoms with Crippen LogP contribution >= 0.6 is 0 Å². The zero-order chi connectivity index (χ0) is 7.15. The van der Waals surface area contributed by atoms with Crippen molar-refractivity contribution in [2.24, 2.45) is 0 Å². The van der Waals surface area contributed by atoms with E-state index in [2.05, 4.69) is 40.9 Å². The highest BCUT2D eigenvalue weighted by Gasteiger charge is 1.76. The predicted octanol–water partition coefficient (Wildman–Crippen LogP) is 2.74. The van der Waals surface area contributed by atoms with Gasteiger partial charge in [-0.3, -0.25) is 0 Å². The molecule has 0 aliphatic heterocycles. The molecule has 0 radical (unpaired) electrons. The third kappa shape index (κ3) is 9560. The van der Waals surface area contributed by atoms with Crippen LogP contribution in [0.4, 0.5) is 0 Å². The Bertz CT molecular complexity index is 22.0. The second kappa shape index (κ2) is 7.13. The lowest BCUT2D eigenvalue weighted by Gasteiger charge is -1.71. The minimum atomic E-state index is 0.833. The predicted molar refractivity (Wildman–Crippen MR) is 46.7 cm³/mol. The third-order valence-electron chi connectivity index (χ3n) is 0. The molecule has 0 aliphatic rings. The molecule has 0 spiro atoms. The van der Waals surface area contributed by atoms with Crippen LogP contribution in [-0.4, -0.2) is 13.4 Å². The Labute approximate surface area is 55.2 Å². The van der Waals surface area contributed by atoms with Crippen LogP contribution in [0.15, 0.2) is 0 Å². The molecule has 2 heteroatoms. The van der Waals surface area contributed by atoms with Crippen LogP contribution in [0.2, 0.25) is 40.9 Å². The van der Waals surface area contributed by atoms with Gasteiger partial charge in [0.05, 0.1) is 0 Å². The summed E-state index contributed by atoms with van der Waals surface area (Å²) in [5.74, 6) is 0. The lowest BCUT2D eigenvalue weighted by molar-refractivity contribution is 1.91. The van der Waals surface area contributed by atoms with Gasteiger partial charge in [0.15, 0.2) is 0 Å². The topological polar surface area (TPSA) is 0 Å². The fourth-order valence-corrected chi connectivity index (χ4v) is 0. The summed E-state index contributed by atoms with van der Waals surface area (Å²) in [6, 6.07) is 0. The highest BCUT2D eigenvalue weighted by Crippen LogP contribution is 1.68. The van der Waals surface area contributed by atoms with Crippen LogP contribution in [0.3, 0.4) is 0 Å². The molecule has 0 heterocycles. The second-order valence-corrected chi connectivity index (χ2v) is 3.46. The molecule has 0 fully saturated rings. The highest BCUT2D eigenvalue weighted by molar-refractivity contribution is 6.54. The van der Waals surface area contributed by atoms with E-state index in [1.807, 2.05) is 0 Å². The zero-order valence-electron chi connectivity index (χ0n) is 7.15. The van der Waals surface area contributed by atoms with Crippen LogP contribution in [0.1, 0.15) is 0 Å². The summed E-state index contributed by atoms with van der Waals surface area (Å²) in [4.78, 5) is 0. The molecule has 0 atom stereocenters. The molecule has 0 aromatic rings. The minimum absolute atomic E-state index is 0.833. The van der Waals surface area contributed by atoms with E-state index in [-0.39, 0.29) is 0 Å². The van der Waals surface area contributed by atoms with Gasteiger partial charge in [-0.2, -0.15) is 0 Å². The Morgan fingerprint density at radius 2 is 0.500 bits per heavy atom. The maximum Gasteiger partial charge on any atom is 0.130 e. The van der Waals surface area contributed by atoms with E-state index in [0.717, 1.165) is 13.4 Å². The molecule has 0 saturated carbocycles. The van der Waals surface area contributed by atoms with Crippen molar-refractivity contribution >= 4 is 13.4 Å². The molecule has 0 aromatic heterocycles. The zero-order valence-corrected chi connectivity index (χ0v) is 7.15. The molecular weight excluding hydrogens is 93.7 g/mol. The van der Waals surface area contributed by atoms with Gasteiger partial charge < -0.3 is 0 Å². The van der Waals surface area contributed by atoms with Crippen LogP contribution < -0.4 is 0 Å². The van der Waals surface area contributed by atoms with Crippen molar-refractivity contribution in [3.05, 3.63) is 0 Å². The van der Waals surface area contributed by atoms with Crippen molar-refractivity contribution in [2.45, 2.75) is 40.9 Å². The Balaban J connectivity index is 0. The monoisotopic (exact) mass is 112 g/mol. The van der Waals surface area contributed by atoms with Gasteiger partial charge in [0, 0.05) is 0 Å². The quantitative estimate of drug-likeness (QED) is 0.422. The normalized spacial score (nSPS) is 6.75. The lowest BCUT2D eigenvalue weighted by atomic mass is 9.58. The maximum atomic E-state index is 2.17. The molecule has 0 unspecified atom stereocenters. The molecule has 8 heavy (non-hydrogen) atoms. The molecule has 0 N–H and O–H groups in total. The molecular formula is C6H18B2. The summed E-state index contributed by atoms with van der Waals surface area (Å²) in [6.07, 6.45) is 0. The average molecular weight is 112 g/mol. The summed E-state index contributed by atoms with van der Waals surface area (Å²) in [5, 5.41) is 0. The SMILES string of the molecule is CB(C)C.CB(C)C. The summed E-state index contributed by atoms with van der Waals surface area (Å²) < 4.78 is 0. The van der Waals surface area contributed by atoms with E-state index in [9.17, 15) is 0 Å². The van der Waals surface area contributed by atoms with E-state index in [0.29, 0.717) is 0 Å². The molecule has 0 nitrogen and oxygen atoms in total. The Hall–Kier alpha value is 0.130. The van der Waals surface area contributed by atoms with Gasteiger partial charge in [0.1, 0.15) is 13.4 Å². The van der Waals surface area contributed by atoms with Crippen LogP contribution in [0.25, 0.3) is 0 Å². The van der Waals surface area contributed by atoms with Crippen molar-refractivity contribution in [3.8, 4) is 0 Å². The molecule has 0 aliphatic carbocycles. The molecule has 0 amide bonds. The third-order valence-corrected chi connectivity index (χ3v) is 0. The van der Waals surface area contributed by atoms with Crippen LogP contribution in [0.5, 0.6) is 0 Å². The van der Waals surface area contributed by atoms with Gasteiger partial charge in [0.2, 0.25) is 0 Å². The van der Waals surface area contributed by atoms with Gasteiger partial charge in [-0.25, -0.2) is 0 Å². The summed E-state index contributed by atoms with van der Waals surface area (Å²) >= 11 is 0. The highest BCUT2D eigenvalue weighted by atomic mass is 13.2. The van der Waals surface area contributed by atoms with E-state index in [1.165, 1.54) is 0 Å².